The molecule has 2 atom stereocenters. The third-order valence-electron chi connectivity index (χ3n) is 3.55. The van der Waals surface area contributed by atoms with Crippen LogP contribution in [0, 0.1) is 5.92 Å². The Kier molecular flexibility index (Phi) is 3.15. The SMILES string of the molecule is OC1CCCCC1Cc1nc(-c2ccoc2)no1. The van der Waals surface area contributed by atoms with Gasteiger partial charge in [-0.3, -0.25) is 0 Å². The molecule has 1 aliphatic rings. The molecule has 1 fully saturated rings. The van der Waals surface area contributed by atoms with Gasteiger partial charge in [-0.2, -0.15) is 4.98 Å². The lowest BCUT2D eigenvalue weighted by Crippen LogP contribution is -2.26. The summed E-state index contributed by atoms with van der Waals surface area (Å²) in [5.41, 5.74) is 0.814. The Morgan fingerprint density at radius 3 is 3.00 bits per heavy atom. The average Bonchev–Trinajstić information content (AvgIpc) is 3.02. The van der Waals surface area contributed by atoms with Crippen molar-refractivity contribution in [3.05, 3.63) is 24.5 Å². The lowest BCUT2D eigenvalue weighted by molar-refractivity contribution is 0.0657. The molecular weight excluding hydrogens is 232 g/mol. The monoisotopic (exact) mass is 248 g/mol. The van der Waals surface area contributed by atoms with Crippen molar-refractivity contribution < 1.29 is 14.0 Å². The third kappa shape index (κ3) is 2.31. The molecule has 0 radical (unpaired) electrons. The second kappa shape index (κ2) is 4.94. The van der Waals surface area contributed by atoms with Gasteiger partial charge in [0.2, 0.25) is 11.7 Å². The normalized spacial score (nSPS) is 24.3. The van der Waals surface area contributed by atoms with E-state index in [2.05, 4.69) is 10.1 Å². The predicted molar refractivity (Wildman–Crippen MR) is 63.7 cm³/mol. The first kappa shape index (κ1) is 11.5. The Labute approximate surface area is 105 Å². The molecule has 2 aromatic rings. The molecule has 1 saturated carbocycles. The van der Waals surface area contributed by atoms with Crippen LogP contribution < -0.4 is 0 Å². The lowest BCUT2D eigenvalue weighted by atomic mass is 9.84. The van der Waals surface area contributed by atoms with E-state index in [1.165, 1.54) is 6.42 Å². The van der Waals surface area contributed by atoms with Crippen LogP contribution in [0.3, 0.4) is 0 Å². The highest BCUT2D eigenvalue weighted by atomic mass is 16.5. The van der Waals surface area contributed by atoms with Crippen molar-refractivity contribution in [1.82, 2.24) is 10.1 Å². The van der Waals surface area contributed by atoms with Gasteiger partial charge in [-0.05, 0) is 24.8 Å². The van der Waals surface area contributed by atoms with Crippen LogP contribution in [-0.4, -0.2) is 21.4 Å². The number of aliphatic hydroxyl groups excluding tert-OH is 1. The van der Waals surface area contributed by atoms with Crippen molar-refractivity contribution in [2.45, 2.75) is 38.2 Å². The van der Waals surface area contributed by atoms with Crippen LogP contribution in [0.1, 0.15) is 31.6 Å². The molecular formula is C13H16N2O3. The smallest absolute Gasteiger partial charge is 0.227 e. The summed E-state index contributed by atoms with van der Waals surface area (Å²) in [7, 11) is 0. The summed E-state index contributed by atoms with van der Waals surface area (Å²) in [5, 5.41) is 13.8. The molecule has 0 aliphatic heterocycles. The van der Waals surface area contributed by atoms with E-state index in [4.69, 9.17) is 8.94 Å². The molecule has 5 nitrogen and oxygen atoms in total. The van der Waals surface area contributed by atoms with Gasteiger partial charge in [-0.1, -0.05) is 18.0 Å². The first-order valence-corrected chi connectivity index (χ1v) is 6.36. The maximum absolute atomic E-state index is 9.92. The van der Waals surface area contributed by atoms with Crippen LogP contribution in [0.2, 0.25) is 0 Å². The summed E-state index contributed by atoms with van der Waals surface area (Å²) in [6.45, 7) is 0. The molecule has 2 aromatic heterocycles. The highest BCUT2D eigenvalue weighted by Crippen LogP contribution is 2.27. The largest absolute Gasteiger partial charge is 0.472 e. The number of hydrogen-bond acceptors (Lipinski definition) is 5. The number of rotatable bonds is 3. The molecule has 1 aliphatic carbocycles. The average molecular weight is 248 g/mol. The number of aromatic nitrogens is 2. The highest BCUT2D eigenvalue weighted by Gasteiger charge is 2.25. The Balaban J connectivity index is 1.70. The zero-order valence-electron chi connectivity index (χ0n) is 10.1. The summed E-state index contributed by atoms with van der Waals surface area (Å²) >= 11 is 0. The quantitative estimate of drug-likeness (QED) is 0.903. The zero-order chi connectivity index (χ0) is 12.4. The van der Waals surface area contributed by atoms with Crippen LogP contribution in [0.25, 0.3) is 11.4 Å². The van der Waals surface area contributed by atoms with E-state index >= 15 is 0 Å². The predicted octanol–water partition coefficient (Wildman–Crippen LogP) is 2.42. The molecule has 0 bridgehead atoms. The molecule has 5 heteroatoms. The van der Waals surface area contributed by atoms with Gasteiger partial charge in [-0.15, -0.1) is 0 Å². The minimum atomic E-state index is -0.233. The standard InChI is InChI=1S/C13H16N2O3/c16-11-4-2-1-3-9(11)7-12-14-13(15-18-12)10-5-6-17-8-10/h5-6,8-9,11,16H,1-4,7H2. The van der Waals surface area contributed by atoms with E-state index < -0.39 is 0 Å². The van der Waals surface area contributed by atoms with Gasteiger partial charge in [0.15, 0.2) is 0 Å². The number of furan rings is 1. The number of hydrogen-bond donors (Lipinski definition) is 1. The minimum absolute atomic E-state index is 0.233. The summed E-state index contributed by atoms with van der Waals surface area (Å²) in [4.78, 5) is 4.33. The molecule has 0 spiro atoms. The maximum Gasteiger partial charge on any atom is 0.227 e. The molecule has 3 rings (SSSR count). The summed E-state index contributed by atoms with van der Waals surface area (Å²) in [5.74, 6) is 1.39. The second-order valence-corrected chi connectivity index (χ2v) is 4.84. The molecule has 0 amide bonds. The molecule has 2 heterocycles. The Bertz CT molecular complexity index is 492. The van der Waals surface area contributed by atoms with Gasteiger partial charge in [0.25, 0.3) is 0 Å². The fourth-order valence-electron chi connectivity index (χ4n) is 2.50. The Hall–Kier alpha value is -1.62. The number of aliphatic hydroxyl groups is 1. The molecule has 2 unspecified atom stereocenters. The van der Waals surface area contributed by atoms with Crippen LogP contribution in [0.5, 0.6) is 0 Å². The number of nitrogens with zero attached hydrogens (tertiary/aromatic N) is 2. The molecule has 1 N–H and O–H groups in total. The van der Waals surface area contributed by atoms with E-state index in [-0.39, 0.29) is 12.0 Å². The zero-order valence-corrected chi connectivity index (χ0v) is 10.1. The molecule has 96 valence electrons. The van der Waals surface area contributed by atoms with Crippen molar-refractivity contribution in [2.24, 2.45) is 5.92 Å². The van der Waals surface area contributed by atoms with Gasteiger partial charge in [0.05, 0.1) is 17.9 Å². The van der Waals surface area contributed by atoms with E-state index in [0.717, 1.165) is 24.8 Å². The molecule has 0 aromatic carbocycles. The highest BCUT2D eigenvalue weighted by molar-refractivity contribution is 5.51. The van der Waals surface area contributed by atoms with Gasteiger partial charge in [0, 0.05) is 6.42 Å². The van der Waals surface area contributed by atoms with E-state index in [1.54, 1.807) is 18.6 Å². The van der Waals surface area contributed by atoms with Crippen LogP contribution in [0.4, 0.5) is 0 Å². The minimum Gasteiger partial charge on any atom is -0.472 e. The first-order chi connectivity index (χ1) is 8.83. The van der Waals surface area contributed by atoms with E-state index in [0.29, 0.717) is 18.1 Å². The van der Waals surface area contributed by atoms with Gasteiger partial charge < -0.3 is 14.0 Å². The molecule has 18 heavy (non-hydrogen) atoms. The second-order valence-electron chi connectivity index (χ2n) is 4.84. The van der Waals surface area contributed by atoms with E-state index in [1.807, 2.05) is 0 Å². The lowest BCUT2D eigenvalue weighted by Gasteiger charge is -2.26. The van der Waals surface area contributed by atoms with Crippen LogP contribution >= 0.6 is 0 Å². The van der Waals surface area contributed by atoms with Crippen molar-refractivity contribution in [2.75, 3.05) is 0 Å². The topological polar surface area (TPSA) is 72.3 Å². The third-order valence-corrected chi connectivity index (χ3v) is 3.55. The summed E-state index contributed by atoms with van der Waals surface area (Å²) < 4.78 is 10.2. The Morgan fingerprint density at radius 2 is 2.22 bits per heavy atom. The van der Waals surface area contributed by atoms with E-state index in [9.17, 15) is 5.11 Å². The summed E-state index contributed by atoms with van der Waals surface area (Å²) in [6.07, 6.45) is 7.79. The van der Waals surface area contributed by atoms with Gasteiger partial charge in [0.1, 0.15) is 6.26 Å². The maximum atomic E-state index is 9.92. The van der Waals surface area contributed by atoms with Gasteiger partial charge in [-0.25, -0.2) is 0 Å². The van der Waals surface area contributed by atoms with Crippen LogP contribution in [-0.2, 0) is 6.42 Å². The van der Waals surface area contributed by atoms with Crippen LogP contribution in [0.15, 0.2) is 27.5 Å². The van der Waals surface area contributed by atoms with Gasteiger partial charge >= 0.3 is 0 Å². The van der Waals surface area contributed by atoms with Crippen molar-refractivity contribution in [1.29, 1.82) is 0 Å². The van der Waals surface area contributed by atoms with Crippen molar-refractivity contribution in [3.8, 4) is 11.4 Å². The fraction of sp³-hybridized carbons (Fsp3) is 0.538. The first-order valence-electron chi connectivity index (χ1n) is 6.36. The van der Waals surface area contributed by atoms with Crippen molar-refractivity contribution >= 4 is 0 Å². The Morgan fingerprint density at radius 1 is 1.33 bits per heavy atom. The fourth-order valence-corrected chi connectivity index (χ4v) is 2.50. The van der Waals surface area contributed by atoms with Crippen molar-refractivity contribution in [3.63, 3.8) is 0 Å². The summed E-state index contributed by atoms with van der Waals surface area (Å²) in [6, 6.07) is 1.80. The molecule has 0 saturated heterocycles.